The van der Waals surface area contributed by atoms with Crippen molar-refractivity contribution in [2.75, 3.05) is 18.0 Å². The quantitative estimate of drug-likeness (QED) is 0.923. The number of aromatic nitrogens is 1. The molecule has 0 saturated carbocycles. The molecule has 2 aromatic rings. The van der Waals surface area contributed by atoms with Crippen LogP contribution in [-0.2, 0) is 0 Å². The van der Waals surface area contributed by atoms with Gasteiger partial charge in [-0.3, -0.25) is 0 Å². The first-order chi connectivity index (χ1) is 8.84. The molecule has 1 atom stereocenters. The Bertz CT molecular complexity index is 491. The van der Waals surface area contributed by atoms with Gasteiger partial charge in [0.15, 0.2) is 5.13 Å². The van der Waals surface area contributed by atoms with E-state index in [-0.39, 0.29) is 5.82 Å². The molecule has 1 aliphatic heterocycles. The molecule has 0 spiro atoms. The van der Waals surface area contributed by atoms with Crippen LogP contribution in [0.5, 0.6) is 0 Å². The number of nitrogens with one attached hydrogen (secondary N) is 1. The minimum absolute atomic E-state index is 0.206. The van der Waals surface area contributed by atoms with Crippen LogP contribution in [0.15, 0.2) is 35.8 Å². The lowest BCUT2D eigenvalue weighted by Crippen LogP contribution is -2.32. The standard InChI is InChI=1S/C13H14FN3S/c14-10-1-3-11(4-2-10)17(12-5-6-15-9-12)13-16-7-8-18-13/h1-4,7-8,12,15H,5-6,9H2. The van der Waals surface area contributed by atoms with Gasteiger partial charge in [-0.2, -0.15) is 0 Å². The van der Waals surface area contributed by atoms with Crippen LogP contribution >= 0.6 is 11.3 Å². The summed E-state index contributed by atoms with van der Waals surface area (Å²) in [5.41, 5.74) is 1.00. The summed E-state index contributed by atoms with van der Waals surface area (Å²) in [6, 6.07) is 7.02. The highest BCUT2D eigenvalue weighted by atomic mass is 32.1. The molecule has 0 bridgehead atoms. The van der Waals surface area contributed by atoms with Crippen molar-refractivity contribution in [3.63, 3.8) is 0 Å². The Kier molecular flexibility index (Phi) is 3.25. The molecule has 1 aromatic carbocycles. The van der Waals surface area contributed by atoms with Crippen LogP contribution in [0.3, 0.4) is 0 Å². The van der Waals surface area contributed by atoms with Crippen LogP contribution in [0.1, 0.15) is 6.42 Å². The number of halogens is 1. The lowest BCUT2D eigenvalue weighted by atomic mass is 10.2. The van der Waals surface area contributed by atoms with Crippen LogP contribution in [0, 0.1) is 5.82 Å². The van der Waals surface area contributed by atoms with Crippen LogP contribution in [-0.4, -0.2) is 24.1 Å². The minimum Gasteiger partial charge on any atom is -0.315 e. The number of hydrogen-bond acceptors (Lipinski definition) is 4. The molecule has 3 nitrogen and oxygen atoms in total. The van der Waals surface area contributed by atoms with Gasteiger partial charge in [-0.1, -0.05) is 0 Å². The van der Waals surface area contributed by atoms with E-state index in [1.54, 1.807) is 17.5 Å². The van der Waals surface area contributed by atoms with E-state index < -0.39 is 0 Å². The van der Waals surface area contributed by atoms with Crippen LogP contribution in [0.4, 0.5) is 15.2 Å². The third kappa shape index (κ3) is 2.23. The van der Waals surface area contributed by atoms with E-state index in [4.69, 9.17) is 0 Å². The van der Waals surface area contributed by atoms with Gasteiger partial charge in [-0.25, -0.2) is 9.37 Å². The first-order valence-corrected chi connectivity index (χ1v) is 6.87. The highest BCUT2D eigenvalue weighted by Crippen LogP contribution is 2.31. The third-order valence-electron chi connectivity index (χ3n) is 3.13. The molecule has 18 heavy (non-hydrogen) atoms. The molecule has 1 saturated heterocycles. The Morgan fingerprint density at radius 2 is 2.17 bits per heavy atom. The highest BCUT2D eigenvalue weighted by Gasteiger charge is 2.25. The van der Waals surface area contributed by atoms with Crippen molar-refractivity contribution in [1.82, 2.24) is 10.3 Å². The van der Waals surface area contributed by atoms with Gasteiger partial charge in [0.2, 0.25) is 0 Å². The van der Waals surface area contributed by atoms with Gasteiger partial charge in [0.1, 0.15) is 5.82 Å². The molecule has 3 rings (SSSR count). The largest absolute Gasteiger partial charge is 0.315 e. The molecule has 0 aliphatic carbocycles. The van der Waals surface area contributed by atoms with Gasteiger partial charge >= 0.3 is 0 Å². The average molecular weight is 263 g/mol. The van der Waals surface area contributed by atoms with E-state index in [2.05, 4.69) is 15.2 Å². The van der Waals surface area contributed by atoms with Crippen molar-refractivity contribution in [3.8, 4) is 0 Å². The molecule has 94 valence electrons. The molecule has 1 aliphatic rings. The van der Waals surface area contributed by atoms with Gasteiger partial charge in [-0.05, 0) is 37.2 Å². The van der Waals surface area contributed by atoms with Gasteiger partial charge in [0.25, 0.3) is 0 Å². The molecular weight excluding hydrogens is 249 g/mol. The number of thiazole rings is 1. The summed E-state index contributed by atoms with van der Waals surface area (Å²) in [7, 11) is 0. The van der Waals surface area contributed by atoms with E-state index in [1.165, 1.54) is 12.1 Å². The van der Waals surface area contributed by atoms with Crippen molar-refractivity contribution in [3.05, 3.63) is 41.7 Å². The molecular formula is C13H14FN3S. The molecule has 1 aromatic heterocycles. The Morgan fingerprint density at radius 1 is 1.33 bits per heavy atom. The molecule has 0 amide bonds. The summed E-state index contributed by atoms with van der Waals surface area (Å²) in [5, 5.41) is 6.29. The number of hydrogen-bond donors (Lipinski definition) is 1. The fourth-order valence-corrected chi connectivity index (χ4v) is 3.01. The van der Waals surface area contributed by atoms with Crippen LogP contribution in [0.25, 0.3) is 0 Å². The second-order valence-electron chi connectivity index (χ2n) is 4.31. The second kappa shape index (κ2) is 5.04. The summed E-state index contributed by atoms with van der Waals surface area (Å²) < 4.78 is 13.0. The van der Waals surface area contributed by atoms with Gasteiger partial charge in [-0.15, -0.1) is 11.3 Å². The Hall–Kier alpha value is -1.46. The van der Waals surface area contributed by atoms with Crippen LogP contribution < -0.4 is 10.2 Å². The lowest BCUT2D eigenvalue weighted by Gasteiger charge is -2.28. The Morgan fingerprint density at radius 3 is 2.78 bits per heavy atom. The maximum atomic E-state index is 13.0. The molecule has 1 N–H and O–H groups in total. The summed E-state index contributed by atoms with van der Waals surface area (Å²) in [6.45, 7) is 1.96. The fraction of sp³-hybridized carbons (Fsp3) is 0.308. The molecule has 0 radical (unpaired) electrons. The van der Waals surface area contributed by atoms with E-state index in [0.717, 1.165) is 30.3 Å². The van der Waals surface area contributed by atoms with E-state index >= 15 is 0 Å². The highest BCUT2D eigenvalue weighted by molar-refractivity contribution is 7.13. The zero-order valence-electron chi connectivity index (χ0n) is 9.84. The van der Waals surface area contributed by atoms with Gasteiger partial charge < -0.3 is 10.2 Å². The maximum absolute atomic E-state index is 13.0. The number of benzene rings is 1. The van der Waals surface area contributed by atoms with E-state index in [0.29, 0.717) is 6.04 Å². The monoisotopic (exact) mass is 263 g/mol. The zero-order valence-corrected chi connectivity index (χ0v) is 10.7. The van der Waals surface area contributed by atoms with Gasteiger partial charge in [0, 0.05) is 23.8 Å². The van der Waals surface area contributed by atoms with Crippen molar-refractivity contribution in [1.29, 1.82) is 0 Å². The van der Waals surface area contributed by atoms with E-state index in [9.17, 15) is 4.39 Å². The Balaban J connectivity index is 1.96. The predicted molar refractivity (Wildman–Crippen MR) is 71.9 cm³/mol. The number of rotatable bonds is 3. The molecule has 1 unspecified atom stereocenters. The SMILES string of the molecule is Fc1ccc(N(c2nccs2)C2CCNC2)cc1. The van der Waals surface area contributed by atoms with Crippen molar-refractivity contribution >= 4 is 22.2 Å². The van der Waals surface area contributed by atoms with Crippen LogP contribution in [0.2, 0.25) is 0 Å². The zero-order chi connectivity index (χ0) is 12.4. The topological polar surface area (TPSA) is 28.2 Å². The molecule has 1 fully saturated rings. The summed E-state index contributed by atoms with van der Waals surface area (Å²) >= 11 is 1.61. The third-order valence-corrected chi connectivity index (χ3v) is 3.90. The number of nitrogens with zero attached hydrogens (tertiary/aromatic N) is 2. The summed E-state index contributed by atoms with van der Waals surface area (Å²) in [4.78, 5) is 6.58. The minimum atomic E-state index is -0.206. The lowest BCUT2D eigenvalue weighted by molar-refractivity contribution is 0.627. The number of anilines is 2. The van der Waals surface area contributed by atoms with Crippen molar-refractivity contribution < 1.29 is 4.39 Å². The average Bonchev–Trinajstić information content (AvgIpc) is 3.06. The summed E-state index contributed by atoms with van der Waals surface area (Å²) in [5.74, 6) is -0.206. The molecule has 2 heterocycles. The normalized spacial score (nSPS) is 19.1. The fourth-order valence-electron chi connectivity index (χ4n) is 2.27. The van der Waals surface area contributed by atoms with Crippen molar-refractivity contribution in [2.24, 2.45) is 0 Å². The first-order valence-electron chi connectivity index (χ1n) is 5.99. The maximum Gasteiger partial charge on any atom is 0.190 e. The Labute approximate surface area is 109 Å². The van der Waals surface area contributed by atoms with Gasteiger partial charge in [0.05, 0.1) is 6.04 Å². The first kappa shape index (κ1) is 11.6. The second-order valence-corrected chi connectivity index (χ2v) is 5.18. The van der Waals surface area contributed by atoms with E-state index in [1.807, 2.05) is 17.5 Å². The smallest absolute Gasteiger partial charge is 0.190 e. The predicted octanol–water partition coefficient (Wildman–Crippen LogP) is 2.78. The summed E-state index contributed by atoms with van der Waals surface area (Å²) in [6.07, 6.45) is 2.88. The van der Waals surface area contributed by atoms with Crippen molar-refractivity contribution in [2.45, 2.75) is 12.5 Å². The molecule has 5 heteroatoms.